The largest absolute Gasteiger partial charge is 0.398 e. The molecule has 1 fully saturated rings. The summed E-state index contributed by atoms with van der Waals surface area (Å²) in [6, 6.07) is 5.06. The summed E-state index contributed by atoms with van der Waals surface area (Å²) in [6.45, 7) is 1.91. The summed E-state index contributed by atoms with van der Waals surface area (Å²) < 4.78 is 0.689. The molecule has 0 spiro atoms. The van der Waals surface area contributed by atoms with Gasteiger partial charge in [-0.3, -0.25) is 14.5 Å². The number of piperidine rings is 1. The average molecular weight is 297 g/mol. The zero-order valence-corrected chi connectivity index (χ0v) is 11.0. The van der Waals surface area contributed by atoms with E-state index in [1.807, 2.05) is 6.92 Å². The van der Waals surface area contributed by atoms with E-state index >= 15 is 0 Å². The van der Waals surface area contributed by atoms with E-state index in [-0.39, 0.29) is 17.7 Å². The molecule has 0 radical (unpaired) electrons. The van der Waals surface area contributed by atoms with Crippen LogP contribution in [0.5, 0.6) is 0 Å². The van der Waals surface area contributed by atoms with Crippen LogP contribution in [0.2, 0.25) is 0 Å². The Kier molecular flexibility index (Phi) is 3.19. The van der Waals surface area contributed by atoms with E-state index in [0.29, 0.717) is 28.7 Å². The highest BCUT2D eigenvalue weighted by atomic mass is 79.9. The van der Waals surface area contributed by atoms with Gasteiger partial charge in [-0.1, -0.05) is 6.92 Å². The fraction of sp³-hybridized carbons (Fsp3) is 0.333. The lowest BCUT2D eigenvalue weighted by atomic mass is 9.97. The second kappa shape index (κ2) is 4.49. The van der Waals surface area contributed by atoms with Crippen molar-refractivity contribution in [2.75, 3.05) is 10.6 Å². The van der Waals surface area contributed by atoms with Crippen LogP contribution < -0.4 is 10.6 Å². The third-order valence-electron chi connectivity index (χ3n) is 2.79. The molecule has 2 rings (SSSR count). The molecule has 0 saturated carbocycles. The highest BCUT2D eigenvalue weighted by Crippen LogP contribution is 2.29. The molecule has 2 amide bonds. The van der Waals surface area contributed by atoms with Gasteiger partial charge in [-0.15, -0.1) is 0 Å². The summed E-state index contributed by atoms with van der Waals surface area (Å²) >= 11 is 3.29. The first-order valence-electron chi connectivity index (χ1n) is 5.40. The molecule has 0 atom stereocenters. The van der Waals surface area contributed by atoms with E-state index in [1.54, 1.807) is 18.2 Å². The van der Waals surface area contributed by atoms with Gasteiger partial charge in [-0.25, -0.2) is 0 Å². The second-order valence-electron chi connectivity index (χ2n) is 4.34. The van der Waals surface area contributed by atoms with Gasteiger partial charge in [0.2, 0.25) is 11.8 Å². The first-order valence-corrected chi connectivity index (χ1v) is 6.19. The molecule has 1 aromatic carbocycles. The summed E-state index contributed by atoms with van der Waals surface area (Å²) in [5.74, 6) is -0.167. The van der Waals surface area contributed by atoms with Gasteiger partial charge in [-0.2, -0.15) is 0 Å². The number of hydrogen-bond acceptors (Lipinski definition) is 3. The van der Waals surface area contributed by atoms with Crippen LogP contribution >= 0.6 is 15.9 Å². The van der Waals surface area contributed by atoms with Gasteiger partial charge < -0.3 is 5.73 Å². The van der Waals surface area contributed by atoms with Crippen LogP contribution in [0.4, 0.5) is 11.4 Å². The third kappa shape index (κ3) is 2.34. The van der Waals surface area contributed by atoms with Gasteiger partial charge in [0.05, 0.1) is 5.69 Å². The van der Waals surface area contributed by atoms with Crippen molar-refractivity contribution in [2.45, 2.75) is 19.8 Å². The topological polar surface area (TPSA) is 63.4 Å². The van der Waals surface area contributed by atoms with Crippen molar-refractivity contribution in [3.63, 3.8) is 0 Å². The molecule has 90 valence electrons. The summed E-state index contributed by atoms with van der Waals surface area (Å²) in [5, 5.41) is 0. The molecular formula is C12H13BrN2O2. The normalized spacial score (nSPS) is 17.6. The summed E-state index contributed by atoms with van der Waals surface area (Å²) in [4.78, 5) is 25.0. The maximum absolute atomic E-state index is 11.9. The summed E-state index contributed by atoms with van der Waals surface area (Å²) in [5.41, 5.74) is 6.83. The molecule has 1 aliphatic rings. The maximum Gasteiger partial charge on any atom is 0.234 e. The number of rotatable bonds is 1. The number of nitrogens with zero attached hydrogens (tertiary/aromatic N) is 1. The van der Waals surface area contributed by atoms with E-state index < -0.39 is 0 Å². The predicted molar refractivity (Wildman–Crippen MR) is 69.4 cm³/mol. The Labute approximate surface area is 108 Å². The highest BCUT2D eigenvalue weighted by Gasteiger charge is 2.31. The van der Waals surface area contributed by atoms with Crippen LogP contribution in [0, 0.1) is 5.92 Å². The SMILES string of the molecule is CC1CC(=O)N(c2ccc(N)c(Br)c2)C(=O)C1. The lowest BCUT2D eigenvalue weighted by molar-refractivity contribution is -0.130. The second-order valence-corrected chi connectivity index (χ2v) is 5.20. The van der Waals surface area contributed by atoms with E-state index in [4.69, 9.17) is 5.73 Å². The van der Waals surface area contributed by atoms with Gasteiger partial charge in [0.25, 0.3) is 0 Å². The molecule has 4 nitrogen and oxygen atoms in total. The van der Waals surface area contributed by atoms with Crippen LogP contribution in [-0.2, 0) is 9.59 Å². The maximum atomic E-state index is 11.9. The number of carbonyl (C=O) groups is 2. The minimum absolute atomic E-state index is 0.128. The lowest BCUT2D eigenvalue weighted by Gasteiger charge is -2.28. The van der Waals surface area contributed by atoms with Crippen molar-refractivity contribution >= 4 is 39.1 Å². The van der Waals surface area contributed by atoms with Crippen molar-refractivity contribution < 1.29 is 9.59 Å². The molecule has 1 aromatic rings. The number of benzene rings is 1. The lowest BCUT2D eigenvalue weighted by Crippen LogP contribution is -2.42. The van der Waals surface area contributed by atoms with Gasteiger partial charge in [0.1, 0.15) is 0 Å². The Morgan fingerprint density at radius 3 is 2.41 bits per heavy atom. The van der Waals surface area contributed by atoms with Crippen LogP contribution in [-0.4, -0.2) is 11.8 Å². The van der Waals surface area contributed by atoms with Crippen LogP contribution in [0.3, 0.4) is 0 Å². The monoisotopic (exact) mass is 296 g/mol. The number of anilines is 2. The van der Waals surface area contributed by atoms with Gasteiger partial charge in [0, 0.05) is 23.0 Å². The minimum atomic E-state index is -0.148. The molecule has 0 aromatic heterocycles. The van der Waals surface area contributed by atoms with Gasteiger partial charge >= 0.3 is 0 Å². The number of hydrogen-bond donors (Lipinski definition) is 1. The van der Waals surface area contributed by atoms with E-state index in [1.165, 1.54) is 4.90 Å². The van der Waals surface area contributed by atoms with Crippen molar-refractivity contribution in [2.24, 2.45) is 5.92 Å². The summed E-state index contributed by atoms with van der Waals surface area (Å²) in [6.07, 6.45) is 0.821. The fourth-order valence-electron chi connectivity index (χ4n) is 1.93. The summed E-state index contributed by atoms with van der Waals surface area (Å²) in [7, 11) is 0. The molecule has 0 aliphatic carbocycles. The number of amides is 2. The molecule has 17 heavy (non-hydrogen) atoms. The minimum Gasteiger partial charge on any atom is -0.398 e. The first kappa shape index (κ1) is 12.1. The fourth-order valence-corrected chi connectivity index (χ4v) is 2.30. The Bertz CT molecular complexity index is 469. The standard InChI is InChI=1S/C12H13BrN2O2/c1-7-4-11(16)15(12(17)5-7)8-2-3-10(14)9(13)6-8/h2-3,6-7H,4-5,14H2,1H3. The molecular weight excluding hydrogens is 284 g/mol. The number of halogens is 1. The quantitative estimate of drug-likeness (QED) is 0.639. The Morgan fingerprint density at radius 2 is 1.88 bits per heavy atom. The van der Waals surface area contributed by atoms with E-state index in [0.717, 1.165) is 0 Å². The predicted octanol–water partition coefficient (Wildman–Crippen LogP) is 2.32. The molecule has 1 heterocycles. The van der Waals surface area contributed by atoms with Crippen LogP contribution in [0.15, 0.2) is 22.7 Å². The first-order chi connectivity index (χ1) is 7.99. The van der Waals surface area contributed by atoms with Crippen molar-refractivity contribution in [1.82, 2.24) is 0 Å². The Morgan fingerprint density at radius 1 is 1.29 bits per heavy atom. The number of nitrogens with two attached hydrogens (primary N) is 1. The number of carbonyl (C=O) groups excluding carboxylic acids is 2. The number of nitrogen functional groups attached to an aromatic ring is 1. The molecule has 0 unspecified atom stereocenters. The van der Waals surface area contributed by atoms with Crippen LogP contribution in [0.25, 0.3) is 0 Å². The zero-order chi connectivity index (χ0) is 12.6. The van der Waals surface area contributed by atoms with E-state index in [9.17, 15) is 9.59 Å². The van der Waals surface area contributed by atoms with Gasteiger partial charge in [-0.05, 0) is 40.0 Å². The Balaban J connectivity index is 2.35. The Hall–Kier alpha value is -1.36. The van der Waals surface area contributed by atoms with Crippen LogP contribution in [0.1, 0.15) is 19.8 Å². The van der Waals surface area contributed by atoms with E-state index in [2.05, 4.69) is 15.9 Å². The highest BCUT2D eigenvalue weighted by molar-refractivity contribution is 9.10. The molecule has 2 N–H and O–H groups in total. The smallest absolute Gasteiger partial charge is 0.234 e. The zero-order valence-electron chi connectivity index (χ0n) is 9.44. The molecule has 1 aliphatic heterocycles. The average Bonchev–Trinajstić information content (AvgIpc) is 2.21. The molecule has 5 heteroatoms. The molecule has 0 bridgehead atoms. The third-order valence-corrected chi connectivity index (χ3v) is 3.47. The van der Waals surface area contributed by atoms with Gasteiger partial charge in [0.15, 0.2) is 0 Å². The molecule has 1 saturated heterocycles. The van der Waals surface area contributed by atoms with Crippen molar-refractivity contribution in [3.8, 4) is 0 Å². The van der Waals surface area contributed by atoms with Crippen molar-refractivity contribution in [3.05, 3.63) is 22.7 Å². The van der Waals surface area contributed by atoms with Crippen molar-refractivity contribution in [1.29, 1.82) is 0 Å². The number of imide groups is 1.